The van der Waals surface area contributed by atoms with Crippen LogP contribution in [0.1, 0.15) is 0 Å². The van der Waals surface area contributed by atoms with Gasteiger partial charge >= 0.3 is 10.1 Å². The van der Waals surface area contributed by atoms with Crippen molar-refractivity contribution >= 4 is 21.7 Å². The van der Waals surface area contributed by atoms with E-state index in [0.29, 0.717) is 5.02 Å². The molecular weight excluding hydrogens is 298 g/mol. The molecule has 2 aromatic carbocycles. The first-order valence-electron chi connectivity index (χ1n) is 5.04. The van der Waals surface area contributed by atoms with E-state index >= 15 is 0 Å². The molecule has 0 saturated carbocycles. The molecule has 3 nitrogen and oxygen atoms in total. The van der Waals surface area contributed by atoms with E-state index in [-0.39, 0.29) is 5.75 Å². The molecule has 0 N–H and O–H groups in total. The van der Waals surface area contributed by atoms with Crippen molar-refractivity contribution in [1.82, 2.24) is 0 Å². The molecule has 0 aliphatic carbocycles. The van der Waals surface area contributed by atoms with Gasteiger partial charge in [0, 0.05) is 5.02 Å². The zero-order chi connectivity index (χ0) is 14.0. The second kappa shape index (κ2) is 5.14. The Kier molecular flexibility index (Phi) is 3.73. The Labute approximate surface area is 113 Å². The van der Waals surface area contributed by atoms with Crippen LogP contribution in [0.2, 0.25) is 5.02 Å². The predicted octanol–water partition coefficient (Wildman–Crippen LogP) is 3.39. The first kappa shape index (κ1) is 13.8. The lowest BCUT2D eigenvalue weighted by Gasteiger charge is -2.08. The number of halogens is 3. The van der Waals surface area contributed by atoms with E-state index in [0.717, 1.165) is 18.2 Å². The van der Waals surface area contributed by atoms with Gasteiger partial charge in [0.25, 0.3) is 0 Å². The summed E-state index contributed by atoms with van der Waals surface area (Å²) < 4.78 is 54.7. The smallest absolute Gasteiger partial charge is 0.342 e. The Bertz CT molecular complexity index is 699. The molecule has 2 rings (SSSR count). The Morgan fingerprint density at radius 1 is 1.00 bits per heavy atom. The van der Waals surface area contributed by atoms with Gasteiger partial charge in [0.05, 0.1) is 0 Å². The van der Waals surface area contributed by atoms with Crippen LogP contribution in [-0.2, 0) is 10.1 Å². The van der Waals surface area contributed by atoms with Crippen molar-refractivity contribution in [3.63, 3.8) is 0 Å². The van der Waals surface area contributed by atoms with E-state index in [1.54, 1.807) is 0 Å². The summed E-state index contributed by atoms with van der Waals surface area (Å²) in [6.45, 7) is 0. The average molecular weight is 305 g/mol. The Balaban J connectivity index is 2.38. The fourth-order valence-electron chi connectivity index (χ4n) is 1.34. The van der Waals surface area contributed by atoms with Crippen LogP contribution in [0.3, 0.4) is 0 Å². The molecule has 0 saturated heterocycles. The summed E-state index contributed by atoms with van der Waals surface area (Å²) in [5.41, 5.74) is 0. The first-order chi connectivity index (χ1) is 8.90. The zero-order valence-electron chi connectivity index (χ0n) is 9.31. The average Bonchev–Trinajstić information content (AvgIpc) is 2.35. The molecule has 0 amide bonds. The van der Waals surface area contributed by atoms with Gasteiger partial charge in [-0.3, -0.25) is 0 Å². The van der Waals surface area contributed by atoms with E-state index < -0.39 is 26.6 Å². The minimum Gasteiger partial charge on any atom is -0.379 e. The van der Waals surface area contributed by atoms with E-state index in [4.69, 9.17) is 11.6 Å². The van der Waals surface area contributed by atoms with E-state index in [1.165, 1.54) is 24.3 Å². The van der Waals surface area contributed by atoms with Gasteiger partial charge < -0.3 is 4.18 Å². The number of rotatable bonds is 3. The van der Waals surface area contributed by atoms with Crippen molar-refractivity contribution in [1.29, 1.82) is 0 Å². The third kappa shape index (κ3) is 3.02. The van der Waals surface area contributed by atoms with Crippen molar-refractivity contribution in [3.8, 4) is 5.75 Å². The lowest BCUT2D eigenvalue weighted by Crippen LogP contribution is -2.12. The summed E-state index contributed by atoms with van der Waals surface area (Å²) in [5, 5.41) is 0.390. The van der Waals surface area contributed by atoms with Crippen molar-refractivity contribution in [2.75, 3.05) is 0 Å². The van der Waals surface area contributed by atoms with Crippen LogP contribution in [-0.4, -0.2) is 8.42 Å². The van der Waals surface area contributed by atoms with Crippen molar-refractivity contribution in [2.24, 2.45) is 0 Å². The SMILES string of the molecule is O=S(=O)(Oc1ccc(Cl)cc1)c1cccc(F)c1F. The van der Waals surface area contributed by atoms with Gasteiger partial charge in [0.1, 0.15) is 10.6 Å². The minimum atomic E-state index is -4.44. The molecule has 0 unspecified atom stereocenters. The molecule has 0 atom stereocenters. The summed E-state index contributed by atoms with van der Waals surface area (Å²) in [6, 6.07) is 8.24. The van der Waals surface area contributed by atoms with Crippen LogP contribution in [0.15, 0.2) is 47.4 Å². The van der Waals surface area contributed by atoms with E-state index in [1.807, 2.05) is 0 Å². The molecule has 0 spiro atoms. The second-order valence-electron chi connectivity index (χ2n) is 3.54. The Morgan fingerprint density at radius 3 is 2.26 bits per heavy atom. The van der Waals surface area contributed by atoms with Crippen molar-refractivity contribution in [3.05, 3.63) is 59.1 Å². The van der Waals surface area contributed by atoms with Gasteiger partial charge in [0.2, 0.25) is 0 Å². The maximum atomic E-state index is 13.4. The lowest BCUT2D eigenvalue weighted by molar-refractivity contribution is 0.456. The third-order valence-electron chi connectivity index (χ3n) is 2.21. The predicted molar refractivity (Wildman–Crippen MR) is 65.6 cm³/mol. The van der Waals surface area contributed by atoms with Crippen LogP contribution in [0.25, 0.3) is 0 Å². The Morgan fingerprint density at radius 2 is 1.63 bits per heavy atom. The summed E-state index contributed by atoms with van der Waals surface area (Å²) in [7, 11) is -4.44. The summed E-state index contributed by atoms with van der Waals surface area (Å²) in [4.78, 5) is -0.859. The maximum absolute atomic E-state index is 13.4. The zero-order valence-corrected chi connectivity index (χ0v) is 10.9. The summed E-state index contributed by atoms with van der Waals surface area (Å²) >= 11 is 5.63. The molecule has 0 fully saturated rings. The molecule has 100 valence electrons. The van der Waals surface area contributed by atoms with Gasteiger partial charge in [-0.1, -0.05) is 17.7 Å². The van der Waals surface area contributed by atoms with Crippen LogP contribution < -0.4 is 4.18 Å². The highest BCUT2D eigenvalue weighted by molar-refractivity contribution is 7.87. The molecule has 7 heteroatoms. The molecule has 0 aliphatic heterocycles. The number of benzene rings is 2. The lowest BCUT2D eigenvalue weighted by atomic mass is 10.3. The summed E-state index contributed by atoms with van der Waals surface area (Å²) in [6.07, 6.45) is 0. The number of hydrogen-bond acceptors (Lipinski definition) is 3. The molecule has 0 heterocycles. The van der Waals surface area contributed by atoms with Gasteiger partial charge in [-0.05, 0) is 36.4 Å². The molecule has 0 aromatic heterocycles. The second-order valence-corrected chi connectivity index (χ2v) is 5.49. The molecule has 2 aromatic rings. The molecule has 19 heavy (non-hydrogen) atoms. The van der Waals surface area contributed by atoms with E-state index in [9.17, 15) is 17.2 Å². The van der Waals surface area contributed by atoms with Crippen LogP contribution in [0.4, 0.5) is 8.78 Å². The molecule has 0 radical (unpaired) electrons. The van der Waals surface area contributed by atoms with Gasteiger partial charge in [-0.15, -0.1) is 0 Å². The highest BCUT2D eigenvalue weighted by Gasteiger charge is 2.23. The van der Waals surface area contributed by atoms with Gasteiger partial charge in [-0.25, -0.2) is 8.78 Å². The van der Waals surface area contributed by atoms with Crippen LogP contribution >= 0.6 is 11.6 Å². The van der Waals surface area contributed by atoms with Crippen molar-refractivity contribution < 1.29 is 21.4 Å². The maximum Gasteiger partial charge on any atom is 0.342 e. The highest BCUT2D eigenvalue weighted by Crippen LogP contribution is 2.23. The number of hydrogen-bond donors (Lipinski definition) is 0. The fraction of sp³-hybridized carbons (Fsp3) is 0. The topological polar surface area (TPSA) is 43.4 Å². The quantitative estimate of drug-likeness (QED) is 0.816. The first-order valence-corrected chi connectivity index (χ1v) is 6.83. The van der Waals surface area contributed by atoms with Crippen LogP contribution in [0.5, 0.6) is 5.75 Å². The molecule has 0 bridgehead atoms. The third-order valence-corrected chi connectivity index (χ3v) is 3.72. The summed E-state index contributed by atoms with van der Waals surface area (Å²) in [5.74, 6) is -2.79. The van der Waals surface area contributed by atoms with Crippen molar-refractivity contribution in [2.45, 2.75) is 4.90 Å². The normalized spacial score (nSPS) is 11.3. The minimum absolute atomic E-state index is 0.0481. The van der Waals surface area contributed by atoms with E-state index in [2.05, 4.69) is 4.18 Å². The largest absolute Gasteiger partial charge is 0.379 e. The Hall–Kier alpha value is -1.66. The standard InChI is InChI=1S/C12H7ClF2O3S/c13-8-4-6-9(7-5-8)18-19(16,17)11-3-1-2-10(14)12(11)15/h1-7H. The monoisotopic (exact) mass is 304 g/mol. The van der Waals surface area contributed by atoms with Gasteiger partial charge in [0.15, 0.2) is 11.6 Å². The van der Waals surface area contributed by atoms with Crippen LogP contribution in [0, 0.1) is 11.6 Å². The van der Waals surface area contributed by atoms with Gasteiger partial charge in [-0.2, -0.15) is 8.42 Å². The fourth-order valence-corrected chi connectivity index (χ4v) is 2.48. The molecule has 0 aliphatic rings. The highest BCUT2D eigenvalue weighted by atomic mass is 35.5. The molecular formula is C12H7ClF2O3S.